The Morgan fingerprint density at radius 1 is 1.07 bits per heavy atom. The van der Waals surface area contributed by atoms with Crippen molar-refractivity contribution < 1.29 is 37.0 Å². The van der Waals surface area contributed by atoms with Crippen LogP contribution in [0.5, 0.6) is 0 Å². The number of carbonyl (C=O) groups is 2. The highest BCUT2D eigenvalue weighted by molar-refractivity contribution is 5.87. The predicted octanol–water partition coefficient (Wildman–Crippen LogP) is 4.80. The first kappa shape index (κ1) is 30.1. The molecule has 3 aliphatic heterocycles. The Morgan fingerprint density at radius 2 is 1.76 bits per heavy atom. The number of carboxylic acids is 1. The van der Waals surface area contributed by atoms with Crippen molar-refractivity contribution in [1.82, 2.24) is 9.80 Å². The number of anilines is 1. The lowest BCUT2D eigenvalue weighted by Gasteiger charge is -2.35. The fourth-order valence-electron chi connectivity index (χ4n) is 7.55. The summed E-state index contributed by atoms with van der Waals surface area (Å²) in [5, 5.41) is 9.40. The molecule has 3 saturated heterocycles. The van der Waals surface area contributed by atoms with E-state index in [0.29, 0.717) is 49.8 Å². The Bertz CT molecular complexity index is 1120. The van der Waals surface area contributed by atoms with Crippen LogP contribution in [-0.2, 0) is 20.5 Å². The number of ether oxygens (including phenoxy) is 1. The third-order valence-corrected chi connectivity index (χ3v) is 9.97. The normalized spacial score (nSPS) is 30.4. The van der Waals surface area contributed by atoms with Gasteiger partial charge in [-0.05, 0) is 43.4 Å². The summed E-state index contributed by atoms with van der Waals surface area (Å²) in [6.07, 6.45) is 0.430. The van der Waals surface area contributed by atoms with Crippen LogP contribution in [-0.4, -0.2) is 91.5 Å². The Labute approximate surface area is 238 Å². The molecule has 0 bridgehead atoms. The van der Waals surface area contributed by atoms with E-state index in [1.54, 1.807) is 18.9 Å². The molecule has 0 aromatic heterocycles. The van der Waals surface area contributed by atoms with Crippen molar-refractivity contribution in [2.24, 2.45) is 17.8 Å². The predicted molar refractivity (Wildman–Crippen MR) is 146 cm³/mol. The maximum atomic E-state index is 16.5. The van der Waals surface area contributed by atoms with Crippen LogP contribution >= 0.6 is 0 Å². The van der Waals surface area contributed by atoms with Crippen molar-refractivity contribution in [2.75, 3.05) is 57.9 Å². The molecule has 3 heterocycles. The number of nitrogens with zero attached hydrogens (tertiary/aromatic N) is 3. The van der Waals surface area contributed by atoms with E-state index >= 15 is 4.39 Å². The molecule has 0 radical (unpaired) electrons. The standard InChI is InChI=1S/C30H41F4N3O4/c1-19-14-37(23-5-3-4-6-23)18-29(19,31)28(40)36-15-21(17-41-2)25(16-36)24-8-7-22(30(32,33)34)13-26(24)35-11-9-20(10-12-35)27(38)39/h7-8,13,19-21,23,25H,3-6,9-12,14-18H2,1-2H3,(H,38,39)/t19-,21?,25?,29+/m1/s1. The summed E-state index contributed by atoms with van der Waals surface area (Å²) in [7, 11) is 1.54. The Kier molecular flexibility index (Phi) is 8.58. The summed E-state index contributed by atoms with van der Waals surface area (Å²) >= 11 is 0. The van der Waals surface area contributed by atoms with Gasteiger partial charge in [-0.15, -0.1) is 0 Å². The van der Waals surface area contributed by atoms with Crippen molar-refractivity contribution in [2.45, 2.75) is 69.3 Å². The summed E-state index contributed by atoms with van der Waals surface area (Å²) in [4.78, 5) is 30.8. The molecule has 4 fully saturated rings. The number of benzene rings is 1. The summed E-state index contributed by atoms with van der Waals surface area (Å²) in [6, 6.07) is 4.00. The lowest BCUT2D eigenvalue weighted by molar-refractivity contribution is -0.144. The Morgan fingerprint density at radius 3 is 2.37 bits per heavy atom. The van der Waals surface area contributed by atoms with E-state index < -0.39 is 41.1 Å². The van der Waals surface area contributed by atoms with Crippen LogP contribution in [0.4, 0.5) is 23.2 Å². The first-order valence-corrected chi connectivity index (χ1v) is 14.8. The number of carboxylic acid groups (broad SMARTS) is 1. The average molecular weight is 584 g/mol. The molecule has 4 atom stereocenters. The first-order valence-electron chi connectivity index (χ1n) is 14.8. The number of amides is 1. The summed E-state index contributed by atoms with van der Waals surface area (Å²) in [5.41, 5.74) is -1.72. The number of aliphatic carboxylic acids is 1. The van der Waals surface area contributed by atoms with Gasteiger partial charge >= 0.3 is 12.1 Å². The van der Waals surface area contributed by atoms with Crippen molar-refractivity contribution in [3.63, 3.8) is 0 Å². The zero-order valence-electron chi connectivity index (χ0n) is 23.8. The van der Waals surface area contributed by atoms with E-state index in [0.717, 1.165) is 37.8 Å². The van der Waals surface area contributed by atoms with Crippen LogP contribution in [0.25, 0.3) is 0 Å². The zero-order chi connectivity index (χ0) is 29.5. The molecule has 1 aromatic carbocycles. The largest absolute Gasteiger partial charge is 0.481 e. The van der Waals surface area contributed by atoms with Gasteiger partial charge in [0.2, 0.25) is 5.67 Å². The second kappa shape index (κ2) is 11.7. The number of halogens is 4. The Hall–Kier alpha value is -2.40. The van der Waals surface area contributed by atoms with Crippen LogP contribution in [0.3, 0.4) is 0 Å². The monoisotopic (exact) mass is 583 g/mol. The molecular formula is C30H41F4N3O4. The number of rotatable bonds is 7. The van der Waals surface area contributed by atoms with Crippen LogP contribution in [0.15, 0.2) is 18.2 Å². The number of hydrogen-bond acceptors (Lipinski definition) is 5. The molecule has 1 amide bonds. The van der Waals surface area contributed by atoms with E-state index in [1.165, 1.54) is 6.07 Å². The van der Waals surface area contributed by atoms with Crippen molar-refractivity contribution >= 4 is 17.6 Å². The van der Waals surface area contributed by atoms with Crippen molar-refractivity contribution in [3.8, 4) is 0 Å². The summed E-state index contributed by atoms with van der Waals surface area (Å²) < 4.78 is 63.2. The molecule has 7 nitrogen and oxygen atoms in total. The molecule has 0 spiro atoms. The third-order valence-electron chi connectivity index (χ3n) is 9.97. The van der Waals surface area contributed by atoms with E-state index in [4.69, 9.17) is 4.74 Å². The second-order valence-electron chi connectivity index (χ2n) is 12.5. The van der Waals surface area contributed by atoms with Gasteiger partial charge in [-0.25, -0.2) is 4.39 Å². The lowest BCUT2D eigenvalue weighted by Crippen LogP contribution is -2.50. The molecule has 41 heavy (non-hydrogen) atoms. The summed E-state index contributed by atoms with van der Waals surface area (Å²) in [6.45, 7) is 3.79. The van der Waals surface area contributed by atoms with Crippen molar-refractivity contribution in [1.29, 1.82) is 0 Å². The number of hydrogen-bond donors (Lipinski definition) is 1. The van der Waals surface area contributed by atoms with Gasteiger partial charge in [-0.1, -0.05) is 25.8 Å². The molecular weight excluding hydrogens is 542 g/mol. The highest BCUT2D eigenvalue weighted by Crippen LogP contribution is 2.44. The van der Waals surface area contributed by atoms with Crippen LogP contribution in [0.1, 0.15) is 62.5 Å². The molecule has 1 N–H and O–H groups in total. The van der Waals surface area contributed by atoms with Gasteiger partial charge in [0.1, 0.15) is 0 Å². The minimum Gasteiger partial charge on any atom is -0.481 e. The molecule has 11 heteroatoms. The minimum atomic E-state index is -4.54. The molecule has 1 aromatic rings. The van der Waals surface area contributed by atoms with Gasteiger partial charge in [0.15, 0.2) is 0 Å². The van der Waals surface area contributed by atoms with Gasteiger partial charge < -0.3 is 19.6 Å². The van der Waals surface area contributed by atoms with Gasteiger partial charge in [-0.2, -0.15) is 13.2 Å². The molecule has 1 saturated carbocycles. The van der Waals surface area contributed by atoms with Gasteiger partial charge in [0.05, 0.1) is 18.1 Å². The average Bonchev–Trinajstić information content (AvgIpc) is 3.68. The smallest absolute Gasteiger partial charge is 0.416 e. The second-order valence-corrected chi connectivity index (χ2v) is 12.5. The van der Waals surface area contributed by atoms with E-state index in [9.17, 15) is 27.9 Å². The molecule has 2 unspecified atom stereocenters. The number of likely N-dealkylation sites (tertiary alicyclic amines) is 2. The number of piperidine rings is 1. The first-order chi connectivity index (χ1) is 19.4. The highest BCUT2D eigenvalue weighted by Gasteiger charge is 2.55. The fourth-order valence-corrected chi connectivity index (χ4v) is 7.55. The van der Waals surface area contributed by atoms with Gasteiger partial charge in [0, 0.05) is 75.9 Å². The Balaban J connectivity index is 1.41. The zero-order valence-corrected chi connectivity index (χ0v) is 23.8. The van der Waals surface area contributed by atoms with Crippen LogP contribution in [0.2, 0.25) is 0 Å². The van der Waals surface area contributed by atoms with E-state index in [2.05, 4.69) is 4.90 Å². The molecule has 1 aliphatic carbocycles. The molecule has 228 valence electrons. The maximum Gasteiger partial charge on any atom is 0.416 e. The number of methoxy groups -OCH3 is 1. The molecule has 4 aliphatic rings. The van der Waals surface area contributed by atoms with Gasteiger partial charge in [-0.3, -0.25) is 14.5 Å². The lowest BCUT2D eigenvalue weighted by atomic mass is 9.86. The number of alkyl halides is 4. The highest BCUT2D eigenvalue weighted by atomic mass is 19.4. The fraction of sp³-hybridized carbons (Fsp3) is 0.733. The van der Waals surface area contributed by atoms with Crippen LogP contribution < -0.4 is 4.90 Å². The third kappa shape index (κ3) is 5.94. The van der Waals surface area contributed by atoms with E-state index in [-0.39, 0.29) is 38.1 Å². The molecule has 5 rings (SSSR count). The maximum absolute atomic E-state index is 16.5. The number of carbonyl (C=O) groups excluding carboxylic acids is 1. The van der Waals surface area contributed by atoms with Crippen LogP contribution in [0, 0.1) is 17.8 Å². The van der Waals surface area contributed by atoms with E-state index in [1.807, 2.05) is 4.90 Å². The summed E-state index contributed by atoms with van der Waals surface area (Å²) in [5.74, 6) is -2.98. The minimum absolute atomic E-state index is 0.0812. The quantitative estimate of drug-likeness (QED) is 0.466. The SMILES string of the molecule is COCC1CN(C(=O)[C@]2(F)CN(C3CCCC3)C[C@H]2C)CC1c1ccc(C(F)(F)F)cc1N1CCC(C(=O)O)CC1. The van der Waals surface area contributed by atoms with Gasteiger partial charge in [0.25, 0.3) is 5.91 Å². The topological polar surface area (TPSA) is 73.3 Å². The van der Waals surface area contributed by atoms with Crippen molar-refractivity contribution in [3.05, 3.63) is 29.3 Å².